The molecule has 0 aromatic carbocycles. The van der Waals surface area contributed by atoms with Crippen molar-refractivity contribution in [2.45, 2.75) is 60.3 Å². The average Bonchev–Trinajstić information content (AvgIpc) is 2.97. The fourth-order valence-electron chi connectivity index (χ4n) is 3.89. The van der Waals surface area contributed by atoms with Crippen LogP contribution in [0.4, 0.5) is 19.0 Å². The SMILES string of the molecule is Cc1c(N2CCc3ncc(C(F)(F)F)cc3C2)nc2nn(CC(C)(C)C)c(=O)n2c1C. The molecule has 0 aliphatic carbocycles. The van der Waals surface area contributed by atoms with E-state index in [0.29, 0.717) is 42.4 Å². The van der Waals surface area contributed by atoms with Gasteiger partial charge in [0, 0.05) is 42.7 Å². The van der Waals surface area contributed by atoms with Crippen LogP contribution in [0.2, 0.25) is 0 Å². The molecule has 0 radical (unpaired) electrons. The summed E-state index contributed by atoms with van der Waals surface area (Å²) in [6.07, 6.45) is -3.03. The lowest BCUT2D eigenvalue weighted by molar-refractivity contribution is -0.137. The summed E-state index contributed by atoms with van der Waals surface area (Å²) >= 11 is 0. The summed E-state index contributed by atoms with van der Waals surface area (Å²) in [7, 11) is 0. The number of hydrogen-bond donors (Lipinski definition) is 0. The maximum absolute atomic E-state index is 13.1. The van der Waals surface area contributed by atoms with Gasteiger partial charge < -0.3 is 4.90 Å². The zero-order valence-electron chi connectivity index (χ0n) is 18.2. The van der Waals surface area contributed by atoms with Crippen LogP contribution in [-0.2, 0) is 25.7 Å². The average molecular weight is 434 g/mol. The first-order valence-corrected chi connectivity index (χ1v) is 10.1. The second-order valence-electron chi connectivity index (χ2n) is 9.28. The van der Waals surface area contributed by atoms with Crippen molar-refractivity contribution in [3.8, 4) is 0 Å². The molecule has 0 amide bonds. The van der Waals surface area contributed by atoms with E-state index in [1.165, 1.54) is 9.08 Å². The predicted octanol–water partition coefficient (Wildman–Crippen LogP) is 3.53. The zero-order valence-corrected chi connectivity index (χ0v) is 18.2. The summed E-state index contributed by atoms with van der Waals surface area (Å²) < 4.78 is 42.3. The molecule has 0 unspecified atom stereocenters. The molecule has 0 N–H and O–H groups in total. The molecule has 31 heavy (non-hydrogen) atoms. The first kappa shape index (κ1) is 21.3. The Morgan fingerprint density at radius 1 is 1.16 bits per heavy atom. The summed E-state index contributed by atoms with van der Waals surface area (Å²) in [6, 6.07) is 1.16. The Morgan fingerprint density at radius 3 is 2.52 bits per heavy atom. The van der Waals surface area contributed by atoms with E-state index in [9.17, 15) is 18.0 Å². The smallest absolute Gasteiger partial charge is 0.351 e. The largest absolute Gasteiger partial charge is 0.417 e. The number of aromatic nitrogens is 5. The number of aryl methyl sites for hydroxylation is 1. The van der Waals surface area contributed by atoms with Gasteiger partial charge in [0.05, 0.1) is 12.1 Å². The van der Waals surface area contributed by atoms with Crippen molar-refractivity contribution < 1.29 is 13.2 Å². The predicted molar refractivity (Wildman–Crippen MR) is 110 cm³/mol. The minimum absolute atomic E-state index is 0.132. The van der Waals surface area contributed by atoms with Crippen molar-refractivity contribution in [2.24, 2.45) is 5.41 Å². The number of rotatable bonds is 2. The highest BCUT2D eigenvalue weighted by Crippen LogP contribution is 2.32. The highest BCUT2D eigenvalue weighted by Gasteiger charge is 2.33. The number of fused-ring (bicyclic) bond motifs is 2. The van der Waals surface area contributed by atoms with Crippen LogP contribution in [0.5, 0.6) is 0 Å². The third kappa shape index (κ3) is 3.90. The fourth-order valence-corrected chi connectivity index (χ4v) is 3.89. The molecule has 4 rings (SSSR count). The normalized spacial score (nSPS) is 14.9. The van der Waals surface area contributed by atoms with E-state index in [0.717, 1.165) is 23.5 Å². The third-order valence-corrected chi connectivity index (χ3v) is 5.53. The molecule has 7 nitrogen and oxygen atoms in total. The molecule has 3 aromatic rings. The van der Waals surface area contributed by atoms with E-state index >= 15 is 0 Å². The first-order chi connectivity index (χ1) is 14.3. The Hall–Kier alpha value is -2.91. The zero-order chi connectivity index (χ0) is 22.7. The molecule has 0 fully saturated rings. The van der Waals surface area contributed by atoms with Gasteiger partial charge in [-0.2, -0.15) is 18.2 Å². The van der Waals surface area contributed by atoms with Crippen LogP contribution in [0.3, 0.4) is 0 Å². The molecule has 10 heteroatoms. The highest BCUT2D eigenvalue weighted by molar-refractivity contribution is 5.55. The maximum atomic E-state index is 13.1. The van der Waals surface area contributed by atoms with Crippen LogP contribution in [0.25, 0.3) is 5.78 Å². The van der Waals surface area contributed by atoms with Crippen LogP contribution in [0.15, 0.2) is 17.1 Å². The van der Waals surface area contributed by atoms with Crippen molar-refractivity contribution >= 4 is 11.6 Å². The summed E-state index contributed by atoms with van der Waals surface area (Å²) in [4.78, 5) is 23.4. The van der Waals surface area contributed by atoms with Gasteiger partial charge in [-0.3, -0.25) is 4.98 Å². The molecule has 0 saturated carbocycles. The van der Waals surface area contributed by atoms with E-state index in [1.54, 1.807) is 0 Å². The van der Waals surface area contributed by atoms with Crippen LogP contribution >= 0.6 is 0 Å². The lowest BCUT2D eigenvalue weighted by Crippen LogP contribution is -2.33. The van der Waals surface area contributed by atoms with E-state index in [1.807, 2.05) is 39.5 Å². The molecule has 0 spiro atoms. The van der Waals surface area contributed by atoms with Crippen molar-refractivity contribution in [1.82, 2.24) is 24.1 Å². The Balaban J connectivity index is 1.75. The second-order valence-corrected chi connectivity index (χ2v) is 9.28. The Kier molecular flexibility index (Phi) is 4.86. The topological polar surface area (TPSA) is 68.3 Å². The van der Waals surface area contributed by atoms with E-state index in [2.05, 4.69) is 15.1 Å². The summed E-state index contributed by atoms with van der Waals surface area (Å²) in [5.41, 5.74) is 1.60. The number of pyridine rings is 1. The van der Waals surface area contributed by atoms with Gasteiger partial charge in [-0.15, -0.1) is 5.10 Å². The number of nitrogens with zero attached hydrogens (tertiary/aromatic N) is 6. The van der Waals surface area contributed by atoms with E-state index in [4.69, 9.17) is 0 Å². The van der Waals surface area contributed by atoms with Gasteiger partial charge in [0.1, 0.15) is 5.82 Å². The van der Waals surface area contributed by atoms with Gasteiger partial charge in [0.15, 0.2) is 0 Å². The van der Waals surface area contributed by atoms with E-state index < -0.39 is 11.7 Å². The van der Waals surface area contributed by atoms with Crippen molar-refractivity contribution in [1.29, 1.82) is 0 Å². The van der Waals surface area contributed by atoms with E-state index in [-0.39, 0.29) is 17.6 Å². The Bertz CT molecular complexity index is 1220. The molecule has 166 valence electrons. The third-order valence-electron chi connectivity index (χ3n) is 5.53. The van der Waals surface area contributed by atoms with Crippen LogP contribution in [-0.4, -0.2) is 30.7 Å². The molecule has 1 aliphatic heterocycles. The van der Waals surface area contributed by atoms with Gasteiger partial charge in [-0.25, -0.2) is 13.9 Å². The maximum Gasteiger partial charge on any atom is 0.417 e. The van der Waals surface area contributed by atoms with Crippen LogP contribution in [0.1, 0.15) is 48.8 Å². The summed E-state index contributed by atoms with van der Waals surface area (Å²) in [5.74, 6) is 0.918. The molecule has 4 heterocycles. The van der Waals surface area contributed by atoms with Crippen molar-refractivity contribution in [2.75, 3.05) is 11.4 Å². The molecular formula is C21H25F3N6O. The lowest BCUT2D eigenvalue weighted by Gasteiger charge is -2.31. The van der Waals surface area contributed by atoms with Gasteiger partial charge in [-0.05, 0) is 30.9 Å². The van der Waals surface area contributed by atoms with Gasteiger partial charge in [0.25, 0.3) is 5.78 Å². The molecule has 0 saturated heterocycles. The first-order valence-electron chi connectivity index (χ1n) is 10.1. The molecule has 0 bridgehead atoms. The minimum Gasteiger partial charge on any atom is -0.351 e. The fraction of sp³-hybridized carbons (Fsp3) is 0.524. The van der Waals surface area contributed by atoms with Crippen molar-refractivity contribution in [3.63, 3.8) is 0 Å². The summed E-state index contributed by atoms with van der Waals surface area (Å²) in [6.45, 7) is 11.1. The Labute approximate surface area is 177 Å². The number of hydrogen-bond acceptors (Lipinski definition) is 5. The molecule has 3 aromatic heterocycles. The summed E-state index contributed by atoms with van der Waals surface area (Å²) in [5, 5.41) is 4.41. The Morgan fingerprint density at radius 2 is 1.87 bits per heavy atom. The second kappa shape index (κ2) is 7.06. The lowest BCUT2D eigenvalue weighted by atomic mass is 9.97. The quantitative estimate of drug-likeness (QED) is 0.617. The van der Waals surface area contributed by atoms with Gasteiger partial charge in [0.2, 0.25) is 0 Å². The monoisotopic (exact) mass is 434 g/mol. The molecular weight excluding hydrogens is 409 g/mol. The van der Waals surface area contributed by atoms with Gasteiger partial charge in [-0.1, -0.05) is 20.8 Å². The van der Waals surface area contributed by atoms with Crippen LogP contribution < -0.4 is 10.6 Å². The van der Waals surface area contributed by atoms with Crippen molar-refractivity contribution in [3.05, 3.63) is 50.8 Å². The van der Waals surface area contributed by atoms with Crippen LogP contribution in [0, 0.1) is 19.3 Å². The molecule has 0 atom stereocenters. The highest BCUT2D eigenvalue weighted by atomic mass is 19.4. The standard InChI is InChI=1S/C21H25F3N6O/c1-12-13(2)30-18(27-29(19(30)31)11-20(3,4)5)26-17(12)28-7-6-16-14(10-28)8-15(9-25-16)21(22,23)24/h8-9H,6-7,10-11H2,1-5H3. The number of halogens is 3. The minimum atomic E-state index is -4.44. The molecule has 1 aliphatic rings. The number of alkyl halides is 3. The van der Waals surface area contributed by atoms with Gasteiger partial charge >= 0.3 is 11.9 Å². The number of anilines is 1.